The van der Waals surface area contributed by atoms with Crippen molar-refractivity contribution in [2.24, 2.45) is 0 Å². The molecule has 0 N–H and O–H groups in total. The Labute approximate surface area is 682 Å². The van der Waals surface area contributed by atoms with Crippen LogP contribution in [0.1, 0.15) is 0 Å². The highest BCUT2D eigenvalue weighted by Gasteiger charge is 2.27. The highest BCUT2D eigenvalue weighted by molar-refractivity contribution is 6.30. The Balaban J connectivity index is 0.000000140. The van der Waals surface area contributed by atoms with E-state index in [0.29, 0.717) is 34.9 Å². The number of benzene rings is 17. The second-order valence-corrected chi connectivity index (χ2v) is 29.9. The molecule has 0 saturated carbocycles. The van der Waals surface area contributed by atoms with Gasteiger partial charge in [-0.05, 0) is 118 Å². The molecule has 24 rings (SSSR count). The van der Waals surface area contributed by atoms with E-state index in [-0.39, 0.29) is 0 Å². The summed E-state index contributed by atoms with van der Waals surface area (Å²) >= 11 is 0. The van der Waals surface area contributed by atoms with Crippen LogP contribution in [-0.4, -0.2) is 39.0 Å². The normalized spacial score (nSPS) is 11.7. The summed E-state index contributed by atoms with van der Waals surface area (Å²) in [5.41, 5.74) is 25.6. The molecule has 24 aromatic rings. The highest BCUT2D eigenvalue weighted by Crippen LogP contribution is 2.48. The van der Waals surface area contributed by atoms with E-state index in [9.17, 15) is 0 Å². The lowest BCUT2D eigenvalue weighted by atomic mass is 10.0. The van der Waals surface area contributed by atoms with Gasteiger partial charge in [-0.25, -0.2) is 29.9 Å². The maximum absolute atomic E-state index is 6.75. The fourth-order valence-corrected chi connectivity index (χ4v) is 17.5. The number of fused-ring (bicyclic) bond motifs is 17. The van der Waals surface area contributed by atoms with E-state index >= 15 is 0 Å². The molecule has 7 aromatic heterocycles. The summed E-state index contributed by atoms with van der Waals surface area (Å²) in [5, 5.41) is 11.1. The Morgan fingerprint density at radius 1 is 0.168 bits per heavy atom. The van der Waals surface area contributed by atoms with Crippen LogP contribution in [0.25, 0.3) is 234 Å². The maximum Gasteiger partial charge on any atom is 0.166 e. The molecule has 0 unspecified atom stereocenters. The lowest BCUT2D eigenvalue weighted by Gasteiger charge is -2.15. The van der Waals surface area contributed by atoms with Gasteiger partial charge < -0.3 is 22.4 Å². The summed E-state index contributed by atoms with van der Waals surface area (Å²) < 4.78 is 24.4. The van der Waals surface area contributed by atoms with Crippen molar-refractivity contribution in [3.8, 4) is 124 Å². The average molecular weight is 1520 g/mol. The van der Waals surface area contributed by atoms with Crippen LogP contribution in [0, 0.1) is 0 Å². The van der Waals surface area contributed by atoms with Gasteiger partial charge in [0.05, 0.1) is 33.4 Å². The summed E-state index contributed by atoms with van der Waals surface area (Å²) in [6, 6.07) is 139. The highest BCUT2D eigenvalue weighted by atomic mass is 16.3. The van der Waals surface area contributed by atoms with E-state index in [0.717, 1.165) is 199 Å². The first kappa shape index (κ1) is 68.4. The lowest BCUT2D eigenvalue weighted by Crippen LogP contribution is -2.03. The molecular weight excluding hydrogens is 1460 g/mol. The summed E-state index contributed by atoms with van der Waals surface area (Å²) in [6.07, 6.45) is 0. The molecule has 0 aliphatic carbocycles. The largest absolute Gasteiger partial charge is 0.456 e. The molecule has 0 amide bonds. The number of rotatable bonds is 12. The third-order valence-electron chi connectivity index (χ3n) is 23.0. The third kappa shape index (κ3) is 11.7. The van der Waals surface area contributed by atoms with Gasteiger partial charge in [-0.2, -0.15) is 0 Å². The minimum absolute atomic E-state index is 0.569. The number of nitrogens with zero attached hydrogens (tertiary/aromatic N) is 8. The Morgan fingerprint density at radius 2 is 0.504 bits per heavy atom. The van der Waals surface area contributed by atoms with Crippen LogP contribution < -0.4 is 0 Å². The van der Waals surface area contributed by atoms with Crippen molar-refractivity contribution in [2.45, 2.75) is 0 Å². The van der Waals surface area contributed by atoms with Gasteiger partial charge in [-0.3, -0.25) is 0 Å². The van der Waals surface area contributed by atoms with Crippen molar-refractivity contribution in [1.82, 2.24) is 39.0 Å². The number of hydrogen-bond acceptors (Lipinski definition) is 9. The molecule has 0 aliphatic heterocycles. The van der Waals surface area contributed by atoms with Crippen LogP contribution >= 0.6 is 0 Å². The fourth-order valence-electron chi connectivity index (χ4n) is 17.5. The van der Waals surface area contributed by atoms with Gasteiger partial charge in [-0.1, -0.05) is 315 Å². The minimum Gasteiger partial charge on any atom is -0.456 e. The third-order valence-corrected chi connectivity index (χ3v) is 23.0. The first-order chi connectivity index (χ1) is 59.0. The van der Waals surface area contributed by atoms with Crippen LogP contribution in [0.15, 0.2) is 414 Å². The molecule has 17 aromatic carbocycles. The Kier molecular flexibility index (Phi) is 16.3. The molecule has 0 radical (unpaired) electrons. The number of para-hydroxylation sites is 7. The number of aromatic nitrogens is 8. The average Bonchev–Trinajstić information content (AvgIpc) is 1.55. The van der Waals surface area contributed by atoms with Crippen molar-refractivity contribution in [3.05, 3.63) is 400 Å². The van der Waals surface area contributed by atoms with Crippen LogP contribution in [0.2, 0.25) is 0 Å². The molecule has 11 nitrogen and oxygen atoms in total. The van der Waals surface area contributed by atoms with Crippen molar-refractivity contribution in [1.29, 1.82) is 0 Å². The van der Waals surface area contributed by atoms with Gasteiger partial charge in [0.15, 0.2) is 34.9 Å². The number of hydrogen-bond donors (Lipinski definition) is 0. The van der Waals surface area contributed by atoms with E-state index in [2.05, 4.69) is 325 Å². The molecule has 0 fully saturated rings. The molecule has 556 valence electrons. The molecule has 0 atom stereocenters. The van der Waals surface area contributed by atoms with Crippen LogP contribution in [-0.2, 0) is 0 Å². The quantitative estimate of drug-likeness (QED) is 0.117. The molecular formula is C108H66N8O3. The van der Waals surface area contributed by atoms with Crippen LogP contribution in [0.5, 0.6) is 0 Å². The van der Waals surface area contributed by atoms with Crippen molar-refractivity contribution in [2.75, 3.05) is 0 Å². The van der Waals surface area contributed by atoms with Gasteiger partial charge in [0.25, 0.3) is 0 Å². The standard InChI is InChI=1S/C57H36N4O.C51H30N4O2/c1-4-16-37(17-5-1)39-30-32-41(33-31-39)55-58-56(43-23-14-22-42(36-43)38-18-6-2-7-19-38)60-57(59-55)46-25-11-13-29-49(46)61-48-28-12-10-24-45(48)52-50(61)34-35-51-53(52)47-27-15-26-44(54(47)62-51)40-20-8-3-9-21-40;1-3-14-31(15-4-1)34-21-13-22-39-47-44(57-48(34)39)29-28-42-46(47)37-19-7-10-23-40(37)55(42)41-24-11-8-20-38(41)51-53-49(32-16-5-2-6-17-32)52-50(54-51)33-26-27-36-35-18-9-12-25-43(35)56-45(36)30-33/h1-36H;1-30H. The molecule has 0 spiro atoms. The van der Waals surface area contributed by atoms with Crippen molar-refractivity contribution >= 4 is 109 Å². The van der Waals surface area contributed by atoms with E-state index in [1.807, 2.05) is 84.9 Å². The molecule has 0 aliphatic rings. The van der Waals surface area contributed by atoms with Crippen LogP contribution in [0.3, 0.4) is 0 Å². The Bertz CT molecular complexity index is 8090. The first-order valence-electron chi connectivity index (χ1n) is 39.9. The minimum atomic E-state index is 0.569. The van der Waals surface area contributed by atoms with Gasteiger partial charge in [0, 0.05) is 98.4 Å². The van der Waals surface area contributed by atoms with E-state index < -0.39 is 0 Å². The van der Waals surface area contributed by atoms with Crippen LogP contribution in [0.4, 0.5) is 0 Å². The molecule has 0 saturated heterocycles. The number of furan rings is 3. The van der Waals surface area contributed by atoms with E-state index in [1.165, 1.54) is 0 Å². The second kappa shape index (κ2) is 28.4. The molecule has 119 heavy (non-hydrogen) atoms. The SMILES string of the molecule is c1ccc(-c2ccc(-c3nc(-c4cccc(-c5ccccc5)c4)nc(-c4ccccc4-n4c5ccccc5c5c6c(ccc54)oc4c(-c5ccccc5)cccc46)n3)cc2)cc1.c1ccc(-c2nc(-c3ccc4c(c3)oc3ccccc34)nc(-c3ccccc3-n3c4ccccc4c4c5c(ccc43)oc3c(-c4ccccc4)cccc35)n2)cc1. The smallest absolute Gasteiger partial charge is 0.166 e. The summed E-state index contributed by atoms with van der Waals surface area (Å²) in [6.45, 7) is 0. The summed E-state index contributed by atoms with van der Waals surface area (Å²) in [5.74, 6) is 3.54. The van der Waals surface area contributed by atoms with Crippen molar-refractivity contribution in [3.63, 3.8) is 0 Å². The zero-order chi connectivity index (χ0) is 78.4. The van der Waals surface area contributed by atoms with Crippen molar-refractivity contribution < 1.29 is 13.3 Å². The molecule has 11 heteroatoms. The first-order valence-corrected chi connectivity index (χ1v) is 39.9. The monoisotopic (exact) mass is 1520 g/mol. The summed E-state index contributed by atoms with van der Waals surface area (Å²) in [4.78, 5) is 31.2. The zero-order valence-corrected chi connectivity index (χ0v) is 63.9. The van der Waals surface area contributed by atoms with E-state index in [4.69, 9.17) is 43.2 Å². The van der Waals surface area contributed by atoms with E-state index in [1.54, 1.807) is 0 Å². The fraction of sp³-hybridized carbons (Fsp3) is 0. The van der Waals surface area contributed by atoms with Gasteiger partial charge in [0.1, 0.15) is 33.5 Å². The van der Waals surface area contributed by atoms with Gasteiger partial charge >= 0.3 is 0 Å². The van der Waals surface area contributed by atoms with Gasteiger partial charge in [0.2, 0.25) is 0 Å². The predicted molar refractivity (Wildman–Crippen MR) is 485 cm³/mol. The second-order valence-electron chi connectivity index (χ2n) is 29.9. The zero-order valence-electron chi connectivity index (χ0n) is 63.9. The van der Waals surface area contributed by atoms with Gasteiger partial charge in [-0.15, -0.1) is 0 Å². The Morgan fingerprint density at radius 3 is 1.03 bits per heavy atom. The topological polar surface area (TPSA) is 127 Å². The molecule has 0 bridgehead atoms. The predicted octanol–water partition coefficient (Wildman–Crippen LogP) is 28.3. The Hall–Kier alpha value is -16.2. The molecule has 7 heterocycles. The summed E-state index contributed by atoms with van der Waals surface area (Å²) in [7, 11) is 0. The maximum atomic E-state index is 6.75. The lowest BCUT2D eigenvalue weighted by molar-refractivity contribution is 0.669.